The summed E-state index contributed by atoms with van der Waals surface area (Å²) in [6.07, 6.45) is 4.13. The quantitative estimate of drug-likeness (QED) is 0.647. The minimum atomic E-state index is -1.73. The molecule has 16 heavy (non-hydrogen) atoms. The van der Waals surface area contributed by atoms with Gasteiger partial charge in [-0.05, 0) is 22.7 Å². The van der Waals surface area contributed by atoms with Crippen LogP contribution in [0.5, 0.6) is 0 Å². The first-order chi connectivity index (χ1) is 7.41. The zero-order chi connectivity index (χ0) is 12.3. The van der Waals surface area contributed by atoms with Gasteiger partial charge in [-0.15, -0.1) is 5.98 Å². The SMILES string of the molecule is CC(C)[Si](OC1=CC=C[B]1)(C(C)C)C(C)C. The average Bonchev–Trinajstić information content (AvgIpc) is 2.64. The maximum Gasteiger partial charge on any atom is 0.257 e. The molecule has 3 heteroatoms. The van der Waals surface area contributed by atoms with Gasteiger partial charge in [0.1, 0.15) is 0 Å². The van der Waals surface area contributed by atoms with Gasteiger partial charge in [-0.2, -0.15) is 0 Å². The predicted molar refractivity (Wildman–Crippen MR) is 75.1 cm³/mol. The van der Waals surface area contributed by atoms with Crippen molar-refractivity contribution >= 4 is 15.6 Å². The fraction of sp³-hybridized carbons (Fsp3) is 0.692. The summed E-state index contributed by atoms with van der Waals surface area (Å²) in [5.41, 5.74) is 2.98. The molecule has 1 aliphatic rings. The second kappa shape index (κ2) is 5.26. The second-order valence-electron chi connectivity index (χ2n) is 5.54. The molecule has 0 fully saturated rings. The summed E-state index contributed by atoms with van der Waals surface area (Å²) in [4.78, 5) is 0. The number of hydrogen-bond acceptors (Lipinski definition) is 1. The molecule has 0 aromatic carbocycles. The van der Waals surface area contributed by atoms with E-state index in [-0.39, 0.29) is 0 Å². The van der Waals surface area contributed by atoms with E-state index in [1.54, 1.807) is 0 Å². The first-order valence-corrected chi connectivity index (χ1v) is 8.46. The third-order valence-corrected chi connectivity index (χ3v) is 9.64. The van der Waals surface area contributed by atoms with E-state index in [1.807, 2.05) is 0 Å². The Kier molecular flexibility index (Phi) is 4.48. The van der Waals surface area contributed by atoms with Gasteiger partial charge in [0.25, 0.3) is 8.32 Å². The molecular formula is C13H24BOSi. The lowest BCUT2D eigenvalue weighted by molar-refractivity contribution is 0.400. The van der Waals surface area contributed by atoms with Crippen LogP contribution in [0.25, 0.3) is 0 Å². The normalized spacial score (nSPS) is 15.9. The highest BCUT2D eigenvalue weighted by Crippen LogP contribution is 2.43. The van der Waals surface area contributed by atoms with Crippen molar-refractivity contribution in [3.63, 3.8) is 0 Å². The Hall–Kier alpha value is -0.438. The summed E-state index contributed by atoms with van der Waals surface area (Å²) in [5.74, 6) is 2.05. The van der Waals surface area contributed by atoms with E-state index in [4.69, 9.17) is 4.43 Å². The summed E-state index contributed by atoms with van der Waals surface area (Å²) in [7, 11) is 0.346. The molecule has 0 spiro atoms. The molecule has 0 saturated heterocycles. The van der Waals surface area contributed by atoms with Crippen molar-refractivity contribution in [2.45, 2.75) is 58.2 Å². The molecule has 0 bridgehead atoms. The molecule has 1 aliphatic heterocycles. The van der Waals surface area contributed by atoms with Crippen LogP contribution in [-0.4, -0.2) is 15.6 Å². The van der Waals surface area contributed by atoms with Gasteiger partial charge >= 0.3 is 0 Å². The summed E-state index contributed by atoms with van der Waals surface area (Å²) in [5, 5.41) is 0. The smallest absolute Gasteiger partial charge is 0.257 e. The van der Waals surface area contributed by atoms with Crippen LogP contribution in [0.2, 0.25) is 16.6 Å². The Balaban J connectivity index is 2.93. The van der Waals surface area contributed by atoms with E-state index in [2.05, 4.69) is 66.9 Å². The molecule has 1 rings (SSSR count). The molecule has 0 aromatic rings. The van der Waals surface area contributed by atoms with Gasteiger partial charge in [0.2, 0.25) is 7.28 Å². The van der Waals surface area contributed by atoms with Crippen LogP contribution in [0.4, 0.5) is 0 Å². The average molecular weight is 235 g/mol. The highest BCUT2D eigenvalue weighted by atomic mass is 28.4. The largest absolute Gasteiger partial charge is 0.554 e. The lowest BCUT2D eigenvalue weighted by Gasteiger charge is -2.42. The molecule has 1 nitrogen and oxygen atoms in total. The zero-order valence-corrected chi connectivity index (χ0v) is 12.4. The molecule has 0 saturated carbocycles. The summed E-state index contributed by atoms with van der Waals surface area (Å²) < 4.78 is 6.47. The van der Waals surface area contributed by atoms with Crippen molar-refractivity contribution in [1.29, 1.82) is 0 Å². The third kappa shape index (κ3) is 2.45. The van der Waals surface area contributed by atoms with Crippen LogP contribution in [0.15, 0.2) is 23.8 Å². The molecule has 0 N–H and O–H groups in total. The van der Waals surface area contributed by atoms with E-state index in [0.717, 1.165) is 5.66 Å². The zero-order valence-electron chi connectivity index (χ0n) is 11.4. The maximum absolute atomic E-state index is 6.47. The molecular weight excluding hydrogens is 211 g/mol. The minimum Gasteiger partial charge on any atom is -0.554 e. The van der Waals surface area contributed by atoms with E-state index in [0.29, 0.717) is 16.6 Å². The Labute approximate surface area is 102 Å². The predicted octanol–water partition coefficient (Wildman–Crippen LogP) is 4.25. The Morgan fingerprint density at radius 2 is 1.50 bits per heavy atom. The summed E-state index contributed by atoms with van der Waals surface area (Å²) in [6.45, 7) is 13.9. The van der Waals surface area contributed by atoms with Crippen molar-refractivity contribution in [3.05, 3.63) is 23.8 Å². The van der Waals surface area contributed by atoms with Gasteiger partial charge in [-0.1, -0.05) is 47.6 Å². The van der Waals surface area contributed by atoms with E-state index < -0.39 is 8.32 Å². The molecule has 1 heterocycles. The lowest BCUT2D eigenvalue weighted by atomic mass is 9.80. The summed E-state index contributed by atoms with van der Waals surface area (Å²) >= 11 is 0. The monoisotopic (exact) mass is 235 g/mol. The number of allylic oxidation sites excluding steroid dienone is 2. The van der Waals surface area contributed by atoms with Crippen LogP contribution in [0.3, 0.4) is 0 Å². The van der Waals surface area contributed by atoms with E-state index in [1.165, 1.54) is 0 Å². The molecule has 0 amide bonds. The van der Waals surface area contributed by atoms with Crippen LogP contribution in [-0.2, 0) is 4.43 Å². The van der Waals surface area contributed by atoms with Crippen molar-refractivity contribution in [1.82, 2.24) is 0 Å². The Bertz CT molecular complexity index is 271. The van der Waals surface area contributed by atoms with Crippen LogP contribution in [0.1, 0.15) is 41.5 Å². The Morgan fingerprint density at radius 3 is 1.81 bits per heavy atom. The van der Waals surface area contributed by atoms with Crippen molar-refractivity contribution < 1.29 is 4.43 Å². The van der Waals surface area contributed by atoms with Gasteiger partial charge in [0.05, 0.1) is 0 Å². The van der Waals surface area contributed by atoms with Gasteiger partial charge in [0, 0.05) is 5.66 Å². The highest BCUT2D eigenvalue weighted by Gasteiger charge is 2.47. The van der Waals surface area contributed by atoms with Crippen molar-refractivity contribution in [2.75, 3.05) is 0 Å². The minimum absolute atomic E-state index is 0.641. The first kappa shape index (κ1) is 13.6. The fourth-order valence-electron chi connectivity index (χ4n) is 2.98. The van der Waals surface area contributed by atoms with Crippen molar-refractivity contribution in [3.8, 4) is 0 Å². The van der Waals surface area contributed by atoms with E-state index >= 15 is 0 Å². The summed E-state index contributed by atoms with van der Waals surface area (Å²) in [6, 6.07) is 0. The maximum atomic E-state index is 6.47. The van der Waals surface area contributed by atoms with Gasteiger partial charge in [-0.25, -0.2) is 0 Å². The third-order valence-electron chi connectivity index (χ3n) is 3.63. The molecule has 1 radical (unpaired) electrons. The highest BCUT2D eigenvalue weighted by molar-refractivity contribution is 6.78. The first-order valence-electron chi connectivity index (χ1n) is 6.32. The molecule has 0 unspecified atom stereocenters. The van der Waals surface area contributed by atoms with Crippen LogP contribution in [0, 0.1) is 0 Å². The fourth-order valence-corrected chi connectivity index (χ4v) is 8.23. The van der Waals surface area contributed by atoms with Gasteiger partial charge in [0.15, 0.2) is 0 Å². The lowest BCUT2D eigenvalue weighted by Crippen LogP contribution is -2.47. The van der Waals surface area contributed by atoms with Gasteiger partial charge in [-0.3, -0.25) is 0 Å². The van der Waals surface area contributed by atoms with Crippen LogP contribution >= 0.6 is 0 Å². The van der Waals surface area contributed by atoms with Gasteiger partial charge < -0.3 is 4.43 Å². The van der Waals surface area contributed by atoms with Crippen molar-refractivity contribution in [2.24, 2.45) is 0 Å². The van der Waals surface area contributed by atoms with E-state index in [9.17, 15) is 0 Å². The molecule has 0 atom stereocenters. The standard InChI is InChI=1S/C13H24BOSi/c1-10(2)16(11(3)4,12(5)6)15-13-8-7-9-14-13/h7-12H,1-6H3. The van der Waals surface area contributed by atoms with Crippen LogP contribution < -0.4 is 0 Å². The second-order valence-corrected chi connectivity index (χ2v) is 10.9. The molecule has 0 aliphatic carbocycles. The molecule has 89 valence electrons. The molecule has 0 aromatic heterocycles. The Morgan fingerprint density at radius 1 is 1.00 bits per heavy atom. The number of rotatable bonds is 5. The number of hydrogen-bond donors (Lipinski definition) is 0. The topological polar surface area (TPSA) is 9.23 Å².